The highest BCUT2D eigenvalue weighted by Gasteiger charge is 2.38. The number of anilines is 1. The molecule has 2 aromatic heterocycles. The molecule has 1 saturated heterocycles. The van der Waals surface area contributed by atoms with Crippen LogP contribution in [0, 0.1) is 0 Å². The summed E-state index contributed by atoms with van der Waals surface area (Å²) in [6, 6.07) is 7.81. The molecule has 162 valence electrons. The van der Waals surface area contributed by atoms with E-state index in [1.807, 2.05) is 0 Å². The molecule has 9 nitrogen and oxygen atoms in total. The average molecular weight is 434 g/mol. The smallest absolute Gasteiger partial charge is 0.413 e. The Kier molecular flexibility index (Phi) is 5.80. The number of amides is 2. The predicted octanol–water partition coefficient (Wildman–Crippen LogP) is 3.00. The van der Waals surface area contributed by atoms with Crippen LogP contribution in [0.4, 0.5) is 23.9 Å². The van der Waals surface area contributed by atoms with E-state index >= 15 is 0 Å². The number of alkyl halides is 3. The zero-order valence-electron chi connectivity index (χ0n) is 16.1. The van der Waals surface area contributed by atoms with Gasteiger partial charge in [0, 0.05) is 31.0 Å². The lowest BCUT2D eigenvalue weighted by Crippen LogP contribution is -2.48. The first-order valence-corrected chi connectivity index (χ1v) is 9.33. The first-order chi connectivity index (χ1) is 14.9. The van der Waals surface area contributed by atoms with Gasteiger partial charge < -0.3 is 14.1 Å². The average Bonchev–Trinajstić information content (AvgIpc) is 3.30. The number of hydrogen-bond acceptors (Lipinski definition) is 7. The maximum absolute atomic E-state index is 13.1. The Morgan fingerprint density at radius 1 is 1.06 bits per heavy atom. The highest BCUT2D eigenvalue weighted by Crippen LogP contribution is 2.30. The second-order valence-electron chi connectivity index (χ2n) is 6.62. The molecule has 0 aliphatic carbocycles. The molecule has 1 fully saturated rings. The van der Waals surface area contributed by atoms with Gasteiger partial charge in [0.05, 0.1) is 19.8 Å². The van der Waals surface area contributed by atoms with Gasteiger partial charge in [0.15, 0.2) is 0 Å². The molecule has 31 heavy (non-hydrogen) atoms. The van der Waals surface area contributed by atoms with Crippen molar-refractivity contribution in [2.45, 2.75) is 12.7 Å². The summed E-state index contributed by atoms with van der Waals surface area (Å²) < 4.78 is 48.0. The number of morpholine rings is 1. The monoisotopic (exact) mass is 434 g/mol. The Morgan fingerprint density at radius 2 is 1.74 bits per heavy atom. The third-order valence-corrected chi connectivity index (χ3v) is 4.52. The Bertz CT molecular complexity index is 1020. The maximum Gasteiger partial charge on any atom is 0.470 e. The number of aromatic nitrogens is 4. The third-order valence-electron chi connectivity index (χ3n) is 4.52. The van der Waals surface area contributed by atoms with Crippen LogP contribution in [-0.2, 0) is 17.5 Å². The van der Waals surface area contributed by atoms with E-state index in [1.165, 1.54) is 4.90 Å². The molecule has 12 heteroatoms. The van der Waals surface area contributed by atoms with Crippen molar-refractivity contribution >= 4 is 12.0 Å². The Hall–Kier alpha value is -3.54. The Labute approximate surface area is 174 Å². The van der Waals surface area contributed by atoms with Crippen LogP contribution in [-0.4, -0.2) is 57.4 Å². The lowest BCUT2D eigenvalue weighted by Gasteiger charge is -2.32. The van der Waals surface area contributed by atoms with Crippen molar-refractivity contribution in [1.29, 1.82) is 0 Å². The molecule has 0 atom stereocenters. The van der Waals surface area contributed by atoms with Crippen molar-refractivity contribution in [3.63, 3.8) is 0 Å². The van der Waals surface area contributed by atoms with E-state index in [2.05, 4.69) is 20.2 Å². The molecule has 0 saturated carbocycles. The summed E-state index contributed by atoms with van der Waals surface area (Å²) in [5, 5.41) is 6.46. The fourth-order valence-electron chi connectivity index (χ4n) is 2.97. The molecule has 3 aromatic rings. The molecule has 1 aliphatic heterocycles. The second-order valence-corrected chi connectivity index (χ2v) is 6.62. The van der Waals surface area contributed by atoms with E-state index in [1.54, 1.807) is 47.6 Å². The van der Waals surface area contributed by atoms with Crippen LogP contribution in [0.25, 0.3) is 11.5 Å². The molecular weight excluding hydrogens is 417 g/mol. The summed E-state index contributed by atoms with van der Waals surface area (Å²) in [4.78, 5) is 24.5. The number of rotatable bonds is 4. The molecular formula is C19H17F3N6O3. The van der Waals surface area contributed by atoms with Crippen LogP contribution in [0.2, 0.25) is 0 Å². The number of ether oxygens (including phenoxy) is 1. The van der Waals surface area contributed by atoms with Gasteiger partial charge in [-0.05, 0) is 23.8 Å². The normalized spacial score (nSPS) is 14.5. The van der Waals surface area contributed by atoms with Gasteiger partial charge in [-0.3, -0.25) is 4.90 Å². The molecule has 0 radical (unpaired) electrons. The lowest BCUT2D eigenvalue weighted by atomic mass is 10.1. The van der Waals surface area contributed by atoms with Gasteiger partial charge in [0.1, 0.15) is 0 Å². The van der Waals surface area contributed by atoms with Gasteiger partial charge in [0.2, 0.25) is 11.8 Å². The summed E-state index contributed by atoms with van der Waals surface area (Å²) in [7, 11) is 0. The van der Waals surface area contributed by atoms with E-state index in [0.29, 0.717) is 37.4 Å². The highest BCUT2D eigenvalue weighted by atomic mass is 19.4. The van der Waals surface area contributed by atoms with Crippen molar-refractivity contribution < 1.29 is 27.1 Å². The van der Waals surface area contributed by atoms with Crippen molar-refractivity contribution in [2.75, 3.05) is 31.2 Å². The summed E-state index contributed by atoms with van der Waals surface area (Å²) >= 11 is 0. The largest absolute Gasteiger partial charge is 0.470 e. The number of benzene rings is 1. The van der Waals surface area contributed by atoms with Crippen molar-refractivity contribution in [3.05, 3.63) is 54.2 Å². The maximum atomic E-state index is 13.1. The minimum atomic E-state index is -4.71. The van der Waals surface area contributed by atoms with Crippen LogP contribution < -0.4 is 4.90 Å². The number of carbonyl (C=O) groups is 1. The SMILES string of the molecule is O=C(N1CCOCC1)N(Cc1ccc(-c2nnc(C(F)(F)F)o2)cc1)c1ncccn1. The molecule has 4 rings (SSSR count). The first-order valence-electron chi connectivity index (χ1n) is 9.33. The van der Waals surface area contributed by atoms with Gasteiger partial charge in [-0.25, -0.2) is 14.8 Å². The van der Waals surface area contributed by atoms with Crippen LogP contribution >= 0.6 is 0 Å². The highest BCUT2D eigenvalue weighted by molar-refractivity contribution is 5.90. The molecule has 1 aliphatic rings. The molecule has 0 bridgehead atoms. The number of nitrogens with zero attached hydrogens (tertiary/aromatic N) is 6. The van der Waals surface area contributed by atoms with Gasteiger partial charge in [-0.15, -0.1) is 10.2 Å². The van der Waals surface area contributed by atoms with Crippen LogP contribution in [0.5, 0.6) is 0 Å². The number of carbonyl (C=O) groups excluding carboxylic acids is 1. The molecule has 0 N–H and O–H groups in total. The standard InChI is InChI=1S/C19H17F3N6O3/c20-19(21,22)16-26-25-15(31-16)14-4-2-13(3-5-14)12-28(17-23-6-1-7-24-17)18(29)27-8-10-30-11-9-27/h1-7H,8-12H2. The lowest BCUT2D eigenvalue weighted by molar-refractivity contribution is -0.156. The summed E-state index contributed by atoms with van der Waals surface area (Å²) in [5.74, 6) is -1.41. The third kappa shape index (κ3) is 4.79. The van der Waals surface area contributed by atoms with Crippen LogP contribution in [0.1, 0.15) is 11.5 Å². The van der Waals surface area contributed by atoms with Gasteiger partial charge >= 0.3 is 18.1 Å². The van der Waals surface area contributed by atoms with Gasteiger partial charge in [-0.2, -0.15) is 13.2 Å². The van der Waals surface area contributed by atoms with Gasteiger partial charge in [-0.1, -0.05) is 12.1 Å². The first kappa shape index (κ1) is 20.7. The number of urea groups is 1. The predicted molar refractivity (Wildman–Crippen MR) is 101 cm³/mol. The fraction of sp³-hybridized carbons (Fsp3) is 0.316. The second kappa shape index (κ2) is 8.68. The Balaban J connectivity index is 1.54. The summed E-state index contributed by atoms with van der Waals surface area (Å²) in [5.41, 5.74) is 1.04. The molecule has 1 aromatic carbocycles. The molecule has 3 heterocycles. The Morgan fingerprint density at radius 3 is 2.35 bits per heavy atom. The topological polar surface area (TPSA) is 97.5 Å². The van der Waals surface area contributed by atoms with Gasteiger partial charge in [0.25, 0.3) is 0 Å². The molecule has 2 amide bonds. The van der Waals surface area contributed by atoms with E-state index in [0.717, 1.165) is 0 Å². The van der Waals surface area contributed by atoms with E-state index in [-0.39, 0.29) is 24.4 Å². The minimum Gasteiger partial charge on any atom is -0.413 e. The van der Waals surface area contributed by atoms with E-state index in [4.69, 9.17) is 9.15 Å². The molecule has 0 unspecified atom stereocenters. The molecule has 0 spiro atoms. The minimum absolute atomic E-state index is 0.165. The quantitative estimate of drug-likeness (QED) is 0.623. The fourth-order valence-corrected chi connectivity index (χ4v) is 2.97. The van der Waals surface area contributed by atoms with Crippen molar-refractivity contribution in [3.8, 4) is 11.5 Å². The van der Waals surface area contributed by atoms with E-state index in [9.17, 15) is 18.0 Å². The zero-order valence-corrected chi connectivity index (χ0v) is 16.1. The number of halogens is 3. The zero-order chi connectivity index (χ0) is 21.8. The van der Waals surface area contributed by atoms with Crippen LogP contribution in [0.15, 0.2) is 47.1 Å². The summed E-state index contributed by atoms with van der Waals surface area (Å²) in [6.45, 7) is 1.99. The van der Waals surface area contributed by atoms with Crippen molar-refractivity contribution in [1.82, 2.24) is 25.1 Å². The van der Waals surface area contributed by atoms with Crippen molar-refractivity contribution in [2.24, 2.45) is 0 Å². The van der Waals surface area contributed by atoms with Crippen LogP contribution in [0.3, 0.4) is 0 Å². The summed E-state index contributed by atoms with van der Waals surface area (Å²) in [6.07, 6.45) is -1.63. The number of hydrogen-bond donors (Lipinski definition) is 0. The van der Waals surface area contributed by atoms with E-state index < -0.39 is 12.1 Å².